The highest BCUT2D eigenvalue weighted by molar-refractivity contribution is 7.80. The summed E-state index contributed by atoms with van der Waals surface area (Å²) >= 11 is 3.35. The quantitative estimate of drug-likeness (QED) is 0.502. The van der Waals surface area contributed by atoms with Gasteiger partial charge in [0.2, 0.25) is 0 Å². The lowest BCUT2D eigenvalue weighted by atomic mass is 10.5. The summed E-state index contributed by atoms with van der Waals surface area (Å²) in [7, 11) is 0. The highest BCUT2D eigenvalue weighted by Gasteiger charge is 1.88. The molecular weight excluding hydrogens is 100 g/mol. The summed E-state index contributed by atoms with van der Waals surface area (Å²) in [5, 5.41) is 7.96. The van der Waals surface area contributed by atoms with E-state index in [9.17, 15) is 4.79 Å². The largest absolute Gasteiger partial charge is 0.481 e. The molecule has 0 atom stereocenters. The van der Waals surface area contributed by atoms with Crippen LogP contribution < -0.4 is 0 Å². The first-order chi connectivity index (χ1) is 3.42. The summed E-state index contributed by atoms with van der Waals surface area (Å²) in [4.78, 5) is 9.73. The summed E-state index contributed by atoms with van der Waals surface area (Å²) in [5.74, 6) is -1.18. The summed E-state index contributed by atoms with van der Waals surface area (Å²) in [6, 6.07) is 0. The van der Waals surface area contributed by atoms with Crippen molar-refractivity contribution in [3.63, 3.8) is 0 Å². The van der Waals surface area contributed by atoms with Crippen molar-refractivity contribution in [2.24, 2.45) is 0 Å². The van der Waals surface area contributed by atoms with E-state index in [4.69, 9.17) is 7.85 Å². The van der Waals surface area contributed by atoms with Gasteiger partial charge in [0, 0.05) is 8.45 Å². The van der Waals surface area contributed by atoms with E-state index in [1.54, 1.807) is 0 Å². The molecule has 36 valence electrons. The number of carboxylic acids is 1. The van der Waals surface area contributed by atoms with Crippen LogP contribution in [0.2, 0.25) is 0 Å². The summed E-state index contributed by atoms with van der Waals surface area (Å²) in [6.07, 6.45) is -0.559. The maximum atomic E-state index is 9.73. The summed E-state index contributed by atoms with van der Waals surface area (Å²) < 4.78 is 13.2. The fourth-order valence-corrected chi connectivity index (χ4v) is 0.203. The second-order valence-corrected chi connectivity index (χ2v) is 1.04. The Morgan fingerprint density at radius 3 is 2.67 bits per heavy atom. The SMILES string of the molecule is [2H]C([2H])(S)CC(=O)O. The van der Waals surface area contributed by atoms with Gasteiger partial charge in [-0.2, -0.15) is 12.6 Å². The van der Waals surface area contributed by atoms with E-state index >= 15 is 0 Å². The van der Waals surface area contributed by atoms with Crippen LogP contribution in [0.3, 0.4) is 0 Å². The molecule has 0 heterocycles. The Labute approximate surface area is 44.4 Å². The average molecular weight is 108 g/mol. The van der Waals surface area contributed by atoms with Crippen molar-refractivity contribution in [1.29, 1.82) is 0 Å². The van der Waals surface area contributed by atoms with Gasteiger partial charge in [-0.1, -0.05) is 0 Å². The Morgan fingerprint density at radius 1 is 2.17 bits per heavy atom. The minimum Gasteiger partial charge on any atom is -0.481 e. The second-order valence-electron chi connectivity index (χ2n) is 0.729. The van der Waals surface area contributed by atoms with E-state index in [1.165, 1.54) is 0 Å². The number of hydrogen-bond donors (Lipinski definition) is 2. The fraction of sp³-hybridized carbons (Fsp3) is 0.667. The number of thiol groups is 1. The maximum Gasteiger partial charge on any atom is 0.304 e. The lowest BCUT2D eigenvalue weighted by molar-refractivity contribution is -0.136. The fourth-order valence-electron chi connectivity index (χ4n) is 0.0676. The van der Waals surface area contributed by atoms with Gasteiger partial charge in [-0.25, -0.2) is 0 Å². The Hall–Kier alpha value is -0.180. The number of hydrogen-bond acceptors (Lipinski definition) is 2. The average Bonchev–Trinajstić information content (AvgIpc) is 1.21. The van der Waals surface area contributed by atoms with Crippen LogP contribution in [0.15, 0.2) is 0 Å². The Kier molecular flexibility index (Phi) is 1.47. The van der Waals surface area contributed by atoms with Gasteiger partial charge in [-0.15, -0.1) is 0 Å². The normalized spacial score (nSPS) is 15.5. The van der Waals surface area contributed by atoms with E-state index in [1.807, 2.05) is 0 Å². The van der Waals surface area contributed by atoms with Crippen LogP contribution >= 0.6 is 12.6 Å². The summed E-state index contributed by atoms with van der Waals surface area (Å²) in [6.45, 7) is 0. The predicted octanol–water partition coefficient (Wildman–Crippen LogP) is 0.391. The van der Waals surface area contributed by atoms with Crippen LogP contribution in [0.1, 0.15) is 9.16 Å². The Balaban J connectivity index is 3.55. The first-order valence-corrected chi connectivity index (χ1v) is 1.81. The molecule has 0 fully saturated rings. The molecule has 0 rings (SSSR count). The van der Waals surface area contributed by atoms with E-state index in [0.717, 1.165) is 0 Å². The second kappa shape index (κ2) is 3.03. The zero-order valence-corrected chi connectivity index (χ0v) is 3.90. The zero-order chi connectivity index (χ0) is 6.78. The summed E-state index contributed by atoms with van der Waals surface area (Å²) in [5.41, 5.74) is -1.88. The molecule has 0 radical (unpaired) electrons. The van der Waals surface area contributed by atoms with Gasteiger partial charge in [0.25, 0.3) is 0 Å². The molecule has 0 amide bonds. The van der Waals surface area contributed by atoms with Gasteiger partial charge in [0.05, 0.1) is 6.42 Å². The third-order valence-electron chi connectivity index (χ3n) is 0.230. The van der Waals surface area contributed by atoms with Crippen LogP contribution in [0, 0.1) is 0 Å². The van der Waals surface area contributed by atoms with Crippen molar-refractivity contribution >= 4 is 18.6 Å². The number of carbonyl (C=O) groups is 1. The topological polar surface area (TPSA) is 37.3 Å². The van der Waals surface area contributed by atoms with Gasteiger partial charge in [0.1, 0.15) is 0 Å². The molecule has 1 N–H and O–H groups in total. The van der Waals surface area contributed by atoms with Gasteiger partial charge >= 0.3 is 5.97 Å². The minimum atomic E-state index is -1.88. The zero-order valence-electron chi connectivity index (χ0n) is 5.01. The van der Waals surface area contributed by atoms with Crippen molar-refractivity contribution in [3.05, 3.63) is 0 Å². The first kappa shape index (κ1) is 2.91. The van der Waals surface area contributed by atoms with Gasteiger partial charge in [-0.3, -0.25) is 4.79 Å². The number of aliphatic carboxylic acids is 1. The third kappa shape index (κ3) is 3.82. The van der Waals surface area contributed by atoms with Crippen molar-refractivity contribution in [2.45, 2.75) is 6.42 Å². The molecule has 0 aromatic carbocycles. The highest BCUT2D eigenvalue weighted by Crippen LogP contribution is 1.79. The molecule has 0 saturated carbocycles. The Morgan fingerprint density at radius 2 is 2.67 bits per heavy atom. The van der Waals surface area contributed by atoms with Crippen LogP contribution in [-0.2, 0) is 4.79 Å². The minimum absolute atomic E-state index is 0.559. The molecule has 0 aromatic rings. The molecule has 0 bridgehead atoms. The standard InChI is InChI=1S/C3H6O2S/c4-3(5)1-2-6/h6H,1-2H2,(H,4,5)/i2D2. The maximum absolute atomic E-state index is 9.73. The van der Waals surface area contributed by atoms with Gasteiger partial charge < -0.3 is 5.11 Å². The highest BCUT2D eigenvalue weighted by atomic mass is 32.1. The molecular formula is C3H6O2S. The number of rotatable bonds is 2. The Bertz CT molecular complexity index is 97.9. The molecule has 6 heavy (non-hydrogen) atoms. The molecule has 0 saturated heterocycles. The van der Waals surface area contributed by atoms with E-state index in [0.29, 0.717) is 0 Å². The molecule has 0 aliphatic heterocycles. The molecule has 0 aliphatic carbocycles. The van der Waals surface area contributed by atoms with E-state index < -0.39 is 18.1 Å². The van der Waals surface area contributed by atoms with Crippen LogP contribution in [-0.4, -0.2) is 16.8 Å². The third-order valence-corrected chi connectivity index (χ3v) is 0.388. The van der Waals surface area contributed by atoms with Crippen molar-refractivity contribution in [2.75, 3.05) is 5.70 Å². The first-order valence-electron chi connectivity index (χ1n) is 2.36. The van der Waals surface area contributed by atoms with Crippen molar-refractivity contribution in [1.82, 2.24) is 0 Å². The molecule has 3 heteroatoms. The molecule has 2 nitrogen and oxygen atoms in total. The smallest absolute Gasteiger partial charge is 0.304 e. The van der Waals surface area contributed by atoms with Crippen LogP contribution in [0.5, 0.6) is 0 Å². The number of carboxylic acid groups (broad SMARTS) is 1. The van der Waals surface area contributed by atoms with Gasteiger partial charge in [-0.05, 0) is 0 Å². The monoisotopic (exact) mass is 108 g/mol. The van der Waals surface area contributed by atoms with Crippen molar-refractivity contribution < 1.29 is 12.6 Å². The molecule has 0 spiro atoms. The van der Waals surface area contributed by atoms with Crippen molar-refractivity contribution in [3.8, 4) is 0 Å². The van der Waals surface area contributed by atoms with E-state index in [2.05, 4.69) is 12.6 Å². The van der Waals surface area contributed by atoms with Crippen LogP contribution in [0.4, 0.5) is 0 Å². The molecule has 0 unspecified atom stereocenters. The molecule has 0 aromatic heterocycles. The predicted molar refractivity (Wildman–Crippen MR) is 26.1 cm³/mol. The lowest BCUT2D eigenvalue weighted by Gasteiger charge is -1.79. The van der Waals surface area contributed by atoms with E-state index in [-0.39, 0.29) is 0 Å². The van der Waals surface area contributed by atoms with Crippen LogP contribution in [0.25, 0.3) is 0 Å². The molecule has 0 aliphatic rings. The lowest BCUT2D eigenvalue weighted by Crippen LogP contribution is -1.93. The van der Waals surface area contributed by atoms with Gasteiger partial charge in [0.15, 0.2) is 0 Å².